The Bertz CT molecular complexity index is 134. The standard InChI is InChI=1S/C6H10N2O/c7-5-6(1-2-6)8-3-4-9/h8-9H,1-4H2. The summed E-state index contributed by atoms with van der Waals surface area (Å²) in [6.45, 7) is 0.650. The molecule has 3 heteroatoms. The van der Waals surface area contributed by atoms with Crippen LogP contribution in [0, 0.1) is 11.3 Å². The average Bonchev–Trinajstić information content (AvgIpc) is 2.65. The smallest absolute Gasteiger partial charge is 0.107 e. The van der Waals surface area contributed by atoms with Crippen molar-refractivity contribution >= 4 is 0 Å². The number of nitrogens with one attached hydrogen (secondary N) is 1. The molecule has 0 amide bonds. The molecule has 1 fully saturated rings. The van der Waals surface area contributed by atoms with Gasteiger partial charge in [0, 0.05) is 6.54 Å². The van der Waals surface area contributed by atoms with Crippen LogP contribution in [0.5, 0.6) is 0 Å². The lowest BCUT2D eigenvalue weighted by Crippen LogP contribution is -2.31. The zero-order valence-electron chi connectivity index (χ0n) is 5.22. The number of hydrogen-bond donors (Lipinski definition) is 2. The van der Waals surface area contributed by atoms with E-state index in [9.17, 15) is 0 Å². The summed E-state index contributed by atoms with van der Waals surface area (Å²) in [5.41, 5.74) is -0.261. The second-order valence-electron chi connectivity index (χ2n) is 2.34. The Balaban J connectivity index is 2.20. The maximum atomic E-state index is 8.49. The number of nitriles is 1. The van der Waals surface area contributed by atoms with Gasteiger partial charge < -0.3 is 5.11 Å². The zero-order chi connectivity index (χ0) is 6.74. The Hall–Kier alpha value is -0.590. The second kappa shape index (κ2) is 2.34. The van der Waals surface area contributed by atoms with Crippen LogP contribution in [-0.4, -0.2) is 23.8 Å². The molecule has 1 aliphatic carbocycles. The fourth-order valence-electron chi connectivity index (χ4n) is 0.748. The van der Waals surface area contributed by atoms with Crippen LogP contribution < -0.4 is 5.32 Å². The minimum atomic E-state index is -0.261. The summed E-state index contributed by atoms with van der Waals surface area (Å²) in [4.78, 5) is 0. The molecule has 1 saturated carbocycles. The molecule has 0 radical (unpaired) electrons. The van der Waals surface area contributed by atoms with Gasteiger partial charge in [-0.3, -0.25) is 5.32 Å². The normalized spacial score (nSPS) is 20.9. The summed E-state index contributed by atoms with van der Waals surface area (Å²) in [5.74, 6) is 0. The van der Waals surface area contributed by atoms with E-state index in [2.05, 4.69) is 11.4 Å². The van der Waals surface area contributed by atoms with Crippen molar-refractivity contribution in [3.63, 3.8) is 0 Å². The van der Waals surface area contributed by atoms with E-state index in [4.69, 9.17) is 10.4 Å². The molecule has 0 aliphatic heterocycles. The average molecular weight is 126 g/mol. The van der Waals surface area contributed by atoms with Crippen LogP contribution in [0.3, 0.4) is 0 Å². The van der Waals surface area contributed by atoms with Gasteiger partial charge in [-0.25, -0.2) is 0 Å². The molecule has 0 unspecified atom stereocenters. The van der Waals surface area contributed by atoms with Crippen LogP contribution in [0.1, 0.15) is 12.8 Å². The Labute approximate surface area is 54.3 Å². The van der Waals surface area contributed by atoms with Crippen LogP contribution in [0.4, 0.5) is 0 Å². The van der Waals surface area contributed by atoms with Crippen LogP contribution in [0.25, 0.3) is 0 Å². The molecular formula is C6H10N2O. The Morgan fingerprint density at radius 3 is 2.67 bits per heavy atom. The van der Waals surface area contributed by atoms with E-state index < -0.39 is 0 Å². The van der Waals surface area contributed by atoms with Gasteiger partial charge in [0.2, 0.25) is 0 Å². The Morgan fingerprint density at radius 1 is 1.67 bits per heavy atom. The number of nitrogens with zero attached hydrogens (tertiary/aromatic N) is 1. The van der Waals surface area contributed by atoms with Gasteiger partial charge in [-0.2, -0.15) is 5.26 Å². The zero-order valence-corrected chi connectivity index (χ0v) is 5.22. The number of β-amino-alcohol motifs (C(OH)–C–C–N with tert-alkyl or cyclic N) is 1. The van der Waals surface area contributed by atoms with Crippen molar-refractivity contribution < 1.29 is 5.11 Å². The highest BCUT2D eigenvalue weighted by Crippen LogP contribution is 2.33. The van der Waals surface area contributed by atoms with Gasteiger partial charge in [0.1, 0.15) is 5.54 Å². The van der Waals surface area contributed by atoms with E-state index in [1.165, 1.54) is 0 Å². The lowest BCUT2D eigenvalue weighted by atomic mass is 10.3. The summed E-state index contributed by atoms with van der Waals surface area (Å²) in [6, 6.07) is 2.16. The summed E-state index contributed by atoms with van der Waals surface area (Å²) in [6.07, 6.45) is 1.87. The summed E-state index contributed by atoms with van der Waals surface area (Å²) in [7, 11) is 0. The molecule has 1 aliphatic rings. The molecule has 0 aromatic heterocycles. The topological polar surface area (TPSA) is 56.0 Å². The van der Waals surface area contributed by atoms with Gasteiger partial charge in [0.05, 0.1) is 12.7 Å². The predicted octanol–water partition coefficient (Wildman–Crippen LogP) is -0.376. The molecule has 3 nitrogen and oxygen atoms in total. The van der Waals surface area contributed by atoms with Crippen molar-refractivity contribution in [3.05, 3.63) is 0 Å². The third-order valence-corrected chi connectivity index (χ3v) is 1.54. The molecule has 0 aromatic rings. The minimum absolute atomic E-state index is 0.115. The summed E-state index contributed by atoms with van der Waals surface area (Å²) in [5, 5.41) is 19.8. The first-order chi connectivity index (χ1) is 4.33. The number of aliphatic hydroxyl groups excluding tert-OH is 1. The van der Waals surface area contributed by atoms with E-state index in [0.717, 1.165) is 12.8 Å². The Morgan fingerprint density at radius 2 is 2.33 bits per heavy atom. The van der Waals surface area contributed by atoms with Crippen LogP contribution in [0.15, 0.2) is 0 Å². The molecular weight excluding hydrogens is 116 g/mol. The number of hydrogen-bond acceptors (Lipinski definition) is 3. The van der Waals surface area contributed by atoms with E-state index in [1.807, 2.05) is 0 Å². The van der Waals surface area contributed by atoms with Crippen molar-refractivity contribution in [1.29, 1.82) is 5.26 Å². The monoisotopic (exact) mass is 126 g/mol. The SMILES string of the molecule is N#CC1(NCCO)CC1. The minimum Gasteiger partial charge on any atom is -0.395 e. The molecule has 50 valence electrons. The third kappa shape index (κ3) is 1.41. The van der Waals surface area contributed by atoms with Gasteiger partial charge in [-0.1, -0.05) is 0 Å². The highest BCUT2D eigenvalue weighted by Gasteiger charge is 2.42. The van der Waals surface area contributed by atoms with Crippen molar-refractivity contribution in [2.45, 2.75) is 18.4 Å². The summed E-state index contributed by atoms with van der Waals surface area (Å²) < 4.78 is 0. The number of rotatable bonds is 3. The van der Waals surface area contributed by atoms with E-state index in [0.29, 0.717) is 6.54 Å². The first-order valence-electron chi connectivity index (χ1n) is 3.10. The van der Waals surface area contributed by atoms with Crippen LogP contribution in [0.2, 0.25) is 0 Å². The molecule has 1 rings (SSSR count). The third-order valence-electron chi connectivity index (χ3n) is 1.54. The molecule has 0 spiro atoms. The van der Waals surface area contributed by atoms with Crippen molar-refractivity contribution in [2.75, 3.05) is 13.2 Å². The highest BCUT2D eigenvalue weighted by molar-refractivity contribution is 5.17. The van der Waals surface area contributed by atoms with Crippen molar-refractivity contribution in [1.82, 2.24) is 5.32 Å². The predicted molar refractivity (Wildman–Crippen MR) is 32.7 cm³/mol. The van der Waals surface area contributed by atoms with Crippen LogP contribution in [-0.2, 0) is 0 Å². The van der Waals surface area contributed by atoms with Crippen LogP contribution >= 0.6 is 0 Å². The lowest BCUT2D eigenvalue weighted by Gasteiger charge is -2.04. The van der Waals surface area contributed by atoms with Crippen molar-refractivity contribution in [3.8, 4) is 6.07 Å². The van der Waals surface area contributed by atoms with Gasteiger partial charge in [0.15, 0.2) is 0 Å². The molecule has 2 N–H and O–H groups in total. The molecule has 0 bridgehead atoms. The number of aliphatic hydroxyl groups is 1. The van der Waals surface area contributed by atoms with E-state index >= 15 is 0 Å². The largest absolute Gasteiger partial charge is 0.395 e. The summed E-state index contributed by atoms with van der Waals surface area (Å²) >= 11 is 0. The van der Waals surface area contributed by atoms with Gasteiger partial charge in [-0.05, 0) is 12.8 Å². The molecule has 0 aromatic carbocycles. The first kappa shape index (κ1) is 6.53. The maximum absolute atomic E-state index is 8.49. The Kier molecular flexibility index (Phi) is 1.70. The van der Waals surface area contributed by atoms with Gasteiger partial charge >= 0.3 is 0 Å². The van der Waals surface area contributed by atoms with E-state index in [-0.39, 0.29) is 12.1 Å². The van der Waals surface area contributed by atoms with E-state index in [1.54, 1.807) is 0 Å². The quantitative estimate of drug-likeness (QED) is 0.542. The second-order valence-corrected chi connectivity index (χ2v) is 2.34. The van der Waals surface area contributed by atoms with Gasteiger partial charge in [-0.15, -0.1) is 0 Å². The fraction of sp³-hybridized carbons (Fsp3) is 0.833. The first-order valence-corrected chi connectivity index (χ1v) is 3.10. The lowest BCUT2D eigenvalue weighted by molar-refractivity contribution is 0.287. The van der Waals surface area contributed by atoms with Gasteiger partial charge in [0.25, 0.3) is 0 Å². The molecule has 0 heterocycles. The van der Waals surface area contributed by atoms with Crippen molar-refractivity contribution in [2.24, 2.45) is 0 Å². The fourth-order valence-corrected chi connectivity index (χ4v) is 0.748. The maximum Gasteiger partial charge on any atom is 0.107 e. The molecule has 9 heavy (non-hydrogen) atoms. The molecule has 0 atom stereocenters. The molecule has 0 saturated heterocycles. The highest BCUT2D eigenvalue weighted by atomic mass is 16.3.